The molecular formula is C16H25N3O. The van der Waals surface area contributed by atoms with Crippen LogP contribution in [-0.2, 0) is 0 Å². The molecule has 1 aliphatic heterocycles. The zero-order valence-corrected chi connectivity index (χ0v) is 12.7. The van der Waals surface area contributed by atoms with Crippen LogP contribution >= 0.6 is 0 Å². The summed E-state index contributed by atoms with van der Waals surface area (Å²) in [5.74, 6) is 1.59. The maximum absolute atomic E-state index is 6.03. The highest BCUT2D eigenvalue weighted by Crippen LogP contribution is 2.29. The Kier molecular flexibility index (Phi) is 4.88. The highest BCUT2D eigenvalue weighted by molar-refractivity contribution is 5.80. The molecule has 0 radical (unpaired) electrons. The average molecular weight is 275 g/mol. The minimum atomic E-state index is 0.255. The predicted molar refractivity (Wildman–Crippen MR) is 83.1 cm³/mol. The Morgan fingerprint density at radius 2 is 2.05 bits per heavy atom. The van der Waals surface area contributed by atoms with Gasteiger partial charge in [-0.05, 0) is 37.5 Å². The number of guanidine groups is 1. The van der Waals surface area contributed by atoms with E-state index in [1.54, 1.807) is 0 Å². The average Bonchev–Trinajstić information content (AvgIpc) is 2.86. The van der Waals surface area contributed by atoms with Gasteiger partial charge in [-0.25, -0.2) is 0 Å². The molecule has 0 aromatic heterocycles. The standard InChI is InChI=1S/C16H25N3O/c1-4-10-20-14-8-6-13(7-9-14)15-11-18-16(17)19(15)12(3)5-2/h6-9,12,15H,4-5,10-11H2,1-3H3,(H2,17,18). The molecule has 20 heavy (non-hydrogen) atoms. The number of aliphatic imine (C=N–C) groups is 1. The monoisotopic (exact) mass is 275 g/mol. The Morgan fingerprint density at radius 1 is 1.35 bits per heavy atom. The number of hydrogen-bond acceptors (Lipinski definition) is 4. The Morgan fingerprint density at radius 3 is 2.65 bits per heavy atom. The smallest absolute Gasteiger partial charge is 0.192 e. The fraction of sp³-hybridized carbons (Fsp3) is 0.562. The van der Waals surface area contributed by atoms with Crippen molar-refractivity contribution in [1.82, 2.24) is 4.90 Å². The molecule has 110 valence electrons. The predicted octanol–water partition coefficient (Wildman–Crippen LogP) is 2.95. The molecule has 0 saturated heterocycles. The summed E-state index contributed by atoms with van der Waals surface area (Å²) in [4.78, 5) is 6.63. The lowest BCUT2D eigenvalue weighted by atomic mass is 10.0. The van der Waals surface area contributed by atoms with Gasteiger partial charge in [0.2, 0.25) is 0 Å². The lowest BCUT2D eigenvalue weighted by Gasteiger charge is -2.32. The zero-order chi connectivity index (χ0) is 14.5. The molecular weight excluding hydrogens is 250 g/mol. The van der Waals surface area contributed by atoms with Crippen molar-refractivity contribution in [2.45, 2.75) is 45.7 Å². The summed E-state index contributed by atoms with van der Waals surface area (Å²) >= 11 is 0. The van der Waals surface area contributed by atoms with Crippen LogP contribution in [0, 0.1) is 0 Å². The number of nitrogens with zero attached hydrogens (tertiary/aromatic N) is 2. The van der Waals surface area contributed by atoms with E-state index in [0.29, 0.717) is 12.0 Å². The van der Waals surface area contributed by atoms with E-state index in [2.05, 4.69) is 42.8 Å². The van der Waals surface area contributed by atoms with Gasteiger partial charge in [0.1, 0.15) is 5.75 Å². The zero-order valence-electron chi connectivity index (χ0n) is 12.7. The molecule has 1 aromatic carbocycles. The van der Waals surface area contributed by atoms with Crippen molar-refractivity contribution in [2.75, 3.05) is 13.2 Å². The largest absolute Gasteiger partial charge is 0.494 e. The lowest BCUT2D eigenvalue weighted by Crippen LogP contribution is -2.42. The van der Waals surface area contributed by atoms with Crippen LogP contribution in [0.5, 0.6) is 5.75 Å². The van der Waals surface area contributed by atoms with Gasteiger partial charge < -0.3 is 15.4 Å². The summed E-state index contributed by atoms with van der Waals surface area (Å²) in [6.45, 7) is 7.98. The molecule has 4 nitrogen and oxygen atoms in total. The Hall–Kier alpha value is -1.71. The summed E-state index contributed by atoms with van der Waals surface area (Å²) in [6.07, 6.45) is 2.08. The quantitative estimate of drug-likeness (QED) is 0.868. The SMILES string of the molecule is CCCOc1ccc(C2CN=C(N)N2C(C)CC)cc1. The fourth-order valence-corrected chi connectivity index (χ4v) is 2.51. The van der Waals surface area contributed by atoms with Crippen molar-refractivity contribution in [2.24, 2.45) is 10.7 Å². The second-order valence-electron chi connectivity index (χ2n) is 5.30. The van der Waals surface area contributed by atoms with Gasteiger partial charge in [-0.3, -0.25) is 4.99 Å². The molecule has 2 atom stereocenters. The van der Waals surface area contributed by atoms with Gasteiger partial charge >= 0.3 is 0 Å². The van der Waals surface area contributed by atoms with E-state index in [9.17, 15) is 0 Å². The van der Waals surface area contributed by atoms with Gasteiger partial charge in [0.05, 0.1) is 19.2 Å². The van der Waals surface area contributed by atoms with E-state index in [1.807, 2.05) is 12.1 Å². The third kappa shape index (κ3) is 3.06. The van der Waals surface area contributed by atoms with Crippen molar-refractivity contribution in [1.29, 1.82) is 0 Å². The first-order chi connectivity index (χ1) is 9.67. The van der Waals surface area contributed by atoms with Gasteiger partial charge in [0.25, 0.3) is 0 Å². The minimum absolute atomic E-state index is 0.255. The second kappa shape index (κ2) is 6.64. The van der Waals surface area contributed by atoms with Crippen LogP contribution in [0.3, 0.4) is 0 Å². The number of nitrogens with two attached hydrogens (primary N) is 1. The van der Waals surface area contributed by atoms with Crippen LogP contribution in [0.25, 0.3) is 0 Å². The van der Waals surface area contributed by atoms with Gasteiger partial charge in [0.15, 0.2) is 5.96 Å². The molecule has 0 saturated carbocycles. The highest BCUT2D eigenvalue weighted by Gasteiger charge is 2.30. The number of ether oxygens (including phenoxy) is 1. The molecule has 2 N–H and O–H groups in total. The molecule has 1 aliphatic rings. The van der Waals surface area contributed by atoms with E-state index < -0.39 is 0 Å². The summed E-state index contributed by atoms with van der Waals surface area (Å²) in [5, 5.41) is 0. The normalized spacial score (nSPS) is 19.9. The summed E-state index contributed by atoms with van der Waals surface area (Å²) in [6, 6.07) is 8.98. The van der Waals surface area contributed by atoms with Crippen LogP contribution in [0.15, 0.2) is 29.3 Å². The Labute approximate surface area is 121 Å². The first-order valence-corrected chi connectivity index (χ1v) is 7.48. The topological polar surface area (TPSA) is 50.9 Å². The van der Waals surface area contributed by atoms with E-state index in [-0.39, 0.29) is 6.04 Å². The molecule has 1 aromatic rings. The number of benzene rings is 1. The number of hydrogen-bond donors (Lipinski definition) is 1. The fourth-order valence-electron chi connectivity index (χ4n) is 2.51. The number of rotatable bonds is 6. The lowest BCUT2D eigenvalue weighted by molar-refractivity contribution is 0.268. The van der Waals surface area contributed by atoms with Crippen molar-refractivity contribution >= 4 is 5.96 Å². The Balaban J connectivity index is 2.11. The molecule has 2 rings (SSSR count). The van der Waals surface area contributed by atoms with Crippen molar-refractivity contribution in [3.63, 3.8) is 0 Å². The molecule has 1 heterocycles. The molecule has 2 unspecified atom stereocenters. The maximum Gasteiger partial charge on any atom is 0.192 e. The van der Waals surface area contributed by atoms with Crippen molar-refractivity contribution < 1.29 is 4.74 Å². The van der Waals surface area contributed by atoms with Gasteiger partial charge in [-0.15, -0.1) is 0 Å². The summed E-state index contributed by atoms with van der Waals surface area (Å²) in [7, 11) is 0. The third-order valence-corrected chi connectivity index (χ3v) is 3.83. The van der Waals surface area contributed by atoms with Crippen LogP contribution in [0.1, 0.15) is 45.2 Å². The third-order valence-electron chi connectivity index (χ3n) is 3.83. The van der Waals surface area contributed by atoms with Crippen LogP contribution in [0.4, 0.5) is 0 Å². The summed E-state index contributed by atoms with van der Waals surface area (Å²) < 4.78 is 5.62. The van der Waals surface area contributed by atoms with Gasteiger partial charge in [-0.2, -0.15) is 0 Å². The van der Waals surface area contributed by atoms with E-state index in [1.165, 1.54) is 5.56 Å². The minimum Gasteiger partial charge on any atom is -0.494 e. The van der Waals surface area contributed by atoms with Crippen molar-refractivity contribution in [3.05, 3.63) is 29.8 Å². The maximum atomic E-state index is 6.03. The molecule has 0 bridgehead atoms. The molecule has 4 heteroatoms. The molecule has 0 spiro atoms. The van der Waals surface area contributed by atoms with Gasteiger partial charge in [0, 0.05) is 6.04 Å². The first-order valence-electron chi connectivity index (χ1n) is 7.48. The van der Waals surface area contributed by atoms with Crippen LogP contribution in [-0.4, -0.2) is 30.1 Å². The highest BCUT2D eigenvalue weighted by atomic mass is 16.5. The van der Waals surface area contributed by atoms with Crippen LogP contribution in [0.2, 0.25) is 0 Å². The second-order valence-corrected chi connectivity index (χ2v) is 5.30. The molecule has 0 aliphatic carbocycles. The summed E-state index contributed by atoms with van der Waals surface area (Å²) in [5.41, 5.74) is 7.28. The van der Waals surface area contributed by atoms with Crippen LogP contribution < -0.4 is 10.5 Å². The van der Waals surface area contributed by atoms with E-state index >= 15 is 0 Å². The van der Waals surface area contributed by atoms with Crippen molar-refractivity contribution in [3.8, 4) is 5.75 Å². The Bertz CT molecular complexity index is 455. The van der Waals surface area contributed by atoms with E-state index in [0.717, 1.165) is 31.7 Å². The van der Waals surface area contributed by atoms with Gasteiger partial charge in [-0.1, -0.05) is 26.0 Å². The molecule has 0 fully saturated rings. The van der Waals surface area contributed by atoms with E-state index in [4.69, 9.17) is 10.5 Å². The first kappa shape index (κ1) is 14.7. The molecule has 0 amide bonds.